The monoisotopic (exact) mass is 299 g/mol. The van der Waals surface area contributed by atoms with Gasteiger partial charge in [-0.15, -0.1) is 0 Å². The molecule has 0 heterocycles. The number of hydrogen-bond donors (Lipinski definition) is 5. The Morgan fingerprint density at radius 1 is 1.28 bits per heavy atom. The normalized spacial score (nSPS) is 15.1. The Morgan fingerprint density at radius 3 is 2.06 bits per heavy atom. The van der Waals surface area contributed by atoms with E-state index in [4.69, 9.17) is 19.6 Å². The molecule has 0 aliphatic heterocycles. The van der Waals surface area contributed by atoms with Crippen molar-refractivity contribution in [3.05, 3.63) is 23.9 Å². The first-order chi connectivity index (χ1) is 7.95. The first kappa shape index (κ1) is 17.4. The lowest BCUT2D eigenvalue weighted by atomic mass is 10.2. The van der Waals surface area contributed by atoms with Crippen LogP contribution in [0.4, 0.5) is 0 Å². The second-order valence-electron chi connectivity index (χ2n) is 3.58. The molecule has 104 valence electrons. The van der Waals surface area contributed by atoms with E-state index >= 15 is 0 Å². The smallest absolute Gasteiger partial charge is 0.367 e. The highest BCUT2D eigenvalue weighted by atomic mass is 31.2. The van der Waals surface area contributed by atoms with Gasteiger partial charge in [0.15, 0.2) is 0 Å². The van der Waals surface area contributed by atoms with E-state index in [1.807, 2.05) is 0 Å². The molecule has 0 aromatic heterocycles. The van der Waals surface area contributed by atoms with E-state index in [-0.39, 0.29) is 5.57 Å². The fourth-order valence-corrected chi connectivity index (χ4v) is 3.35. The molecule has 0 saturated heterocycles. The van der Waals surface area contributed by atoms with Crippen molar-refractivity contribution >= 4 is 21.9 Å². The molecule has 0 aliphatic rings. The van der Waals surface area contributed by atoms with Crippen molar-refractivity contribution in [3.8, 4) is 0 Å². The largest absolute Gasteiger partial charge is 0.369 e. The molecule has 18 heavy (non-hydrogen) atoms. The lowest BCUT2D eigenvalue weighted by Gasteiger charge is -2.29. The predicted octanol–water partition coefficient (Wildman–Crippen LogP) is 0.539. The van der Waals surface area contributed by atoms with Gasteiger partial charge in [0.2, 0.25) is 0 Å². The summed E-state index contributed by atoms with van der Waals surface area (Å²) in [4.78, 5) is 38.9. The second-order valence-corrected chi connectivity index (χ2v) is 7.58. The average molecular weight is 299 g/mol. The quantitative estimate of drug-likeness (QED) is 0.273. The predicted molar refractivity (Wildman–Crippen MR) is 66.1 cm³/mol. The van der Waals surface area contributed by atoms with Gasteiger partial charge < -0.3 is 24.7 Å². The molecule has 0 unspecified atom stereocenters. The molecular weight excluding hydrogens is 284 g/mol. The Bertz CT molecular complexity index is 436. The minimum absolute atomic E-state index is 0.157. The van der Waals surface area contributed by atoms with Crippen LogP contribution in [0.2, 0.25) is 0 Å². The van der Waals surface area contributed by atoms with Gasteiger partial charge in [-0.3, -0.25) is 14.1 Å². The molecule has 0 aliphatic carbocycles. The topological polar surface area (TPSA) is 148 Å². The molecule has 0 saturated carbocycles. The summed E-state index contributed by atoms with van der Waals surface area (Å²) >= 11 is 0. The van der Waals surface area contributed by atoms with Crippen LogP contribution in [0.1, 0.15) is 13.3 Å². The summed E-state index contributed by atoms with van der Waals surface area (Å²) in [5, 5.41) is 6.16. The van der Waals surface area contributed by atoms with Gasteiger partial charge in [0.1, 0.15) is 0 Å². The molecule has 0 aromatic rings. The Morgan fingerprint density at radius 2 is 1.72 bits per heavy atom. The summed E-state index contributed by atoms with van der Waals surface area (Å²) in [6, 6.07) is 0. The molecule has 0 spiro atoms. The van der Waals surface area contributed by atoms with Crippen molar-refractivity contribution in [1.29, 1.82) is 0 Å². The molecule has 0 rings (SSSR count). The summed E-state index contributed by atoms with van der Waals surface area (Å²) in [7, 11) is -10.8. The third-order valence-electron chi connectivity index (χ3n) is 2.02. The van der Waals surface area contributed by atoms with Crippen LogP contribution in [0.25, 0.3) is 0 Å². The highest BCUT2D eigenvalue weighted by Crippen LogP contribution is 2.69. The fourth-order valence-electron chi connectivity index (χ4n) is 1.08. The van der Waals surface area contributed by atoms with Crippen LogP contribution in [0, 0.1) is 0 Å². The number of nitrogens with zero attached hydrogens (tertiary/aromatic N) is 1. The van der Waals surface area contributed by atoms with Crippen LogP contribution in [0.3, 0.4) is 0 Å². The second kappa shape index (κ2) is 6.04. The van der Waals surface area contributed by atoms with Crippen LogP contribution in [0.5, 0.6) is 0 Å². The van der Waals surface area contributed by atoms with Gasteiger partial charge in [0.05, 0.1) is 0 Å². The summed E-state index contributed by atoms with van der Waals surface area (Å²) in [5.41, 5.74) is 0.157. The zero-order valence-corrected chi connectivity index (χ0v) is 11.3. The van der Waals surface area contributed by atoms with Gasteiger partial charge in [-0.25, -0.2) is 0 Å². The Labute approximate surface area is 104 Å². The Hall–Kier alpha value is -0.590. The van der Waals surface area contributed by atoms with E-state index in [0.717, 1.165) is 0 Å². The summed E-state index contributed by atoms with van der Waals surface area (Å²) in [5.74, 6) is 0. The Balaban J connectivity index is 5.37. The van der Waals surface area contributed by atoms with Gasteiger partial charge in [0, 0.05) is 12.6 Å². The van der Waals surface area contributed by atoms with Crippen molar-refractivity contribution in [2.45, 2.75) is 18.4 Å². The van der Waals surface area contributed by atoms with Gasteiger partial charge in [-0.2, -0.15) is 0 Å². The number of rotatable bonds is 6. The zero-order chi connectivity index (χ0) is 14.6. The first-order valence-electron chi connectivity index (χ1n) is 4.57. The molecule has 8 nitrogen and oxygen atoms in total. The van der Waals surface area contributed by atoms with Gasteiger partial charge in [-0.1, -0.05) is 11.6 Å². The van der Waals surface area contributed by atoms with E-state index < -0.39 is 26.7 Å². The lowest BCUT2D eigenvalue weighted by molar-refractivity contribution is 0.131. The third kappa shape index (κ3) is 4.26. The minimum Gasteiger partial charge on any atom is -0.367 e. The van der Waals surface area contributed by atoms with E-state index in [1.54, 1.807) is 0 Å². The molecule has 0 bridgehead atoms. The summed E-state index contributed by atoms with van der Waals surface area (Å²) < 4.78 is 22.1. The van der Waals surface area contributed by atoms with Crippen molar-refractivity contribution in [2.24, 2.45) is 4.99 Å². The summed E-state index contributed by atoms with van der Waals surface area (Å²) in [6.45, 7) is 4.50. The van der Waals surface area contributed by atoms with Crippen LogP contribution in [0.15, 0.2) is 28.9 Å². The van der Waals surface area contributed by atoms with E-state index in [9.17, 15) is 14.2 Å². The van der Waals surface area contributed by atoms with Crippen LogP contribution in [-0.4, -0.2) is 36.5 Å². The molecule has 0 atom stereocenters. The van der Waals surface area contributed by atoms with E-state index in [1.165, 1.54) is 25.3 Å². The number of aliphatic hydroxyl groups is 1. The molecule has 0 amide bonds. The van der Waals surface area contributed by atoms with Crippen molar-refractivity contribution in [3.63, 3.8) is 0 Å². The van der Waals surface area contributed by atoms with Crippen molar-refractivity contribution in [2.75, 3.05) is 0 Å². The van der Waals surface area contributed by atoms with Crippen LogP contribution in [-0.2, 0) is 9.13 Å². The van der Waals surface area contributed by atoms with E-state index in [2.05, 4.69) is 11.7 Å². The minimum atomic E-state index is -5.41. The highest BCUT2D eigenvalue weighted by Gasteiger charge is 2.59. The number of allylic oxidation sites excluding steroid dienone is 2. The standard InChI is InChI=1S/C8H15NO7P2/c1-7(4-3-5-9-2)6-8(10,17(11,12)13)18(14,15)16/h3-5,10H,2,6H2,1H3,(H2,11,12,13)(H2,14,15,16)/b5-3-,7-4+. The van der Waals surface area contributed by atoms with Crippen molar-refractivity contribution in [1.82, 2.24) is 0 Å². The van der Waals surface area contributed by atoms with E-state index in [0.29, 0.717) is 0 Å². The number of hydrogen-bond acceptors (Lipinski definition) is 4. The molecule has 0 fully saturated rings. The number of aliphatic imine (C=N–C) groups is 1. The molecule has 0 radical (unpaired) electrons. The lowest BCUT2D eigenvalue weighted by Crippen LogP contribution is -2.28. The fraction of sp³-hybridized carbons (Fsp3) is 0.375. The highest BCUT2D eigenvalue weighted by molar-refractivity contribution is 7.72. The van der Waals surface area contributed by atoms with Crippen LogP contribution < -0.4 is 0 Å². The van der Waals surface area contributed by atoms with Gasteiger partial charge in [-0.05, 0) is 19.7 Å². The SMILES string of the molecule is C=N/C=C\C=C(/C)CC(O)(P(=O)(O)O)P(=O)(O)O. The zero-order valence-electron chi connectivity index (χ0n) is 9.54. The summed E-state index contributed by atoms with van der Waals surface area (Å²) in [6.07, 6.45) is 3.04. The van der Waals surface area contributed by atoms with Gasteiger partial charge >= 0.3 is 15.2 Å². The van der Waals surface area contributed by atoms with Crippen molar-refractivity contribution < 1.29 is 33.8 Å². The average Bonchev–Trinajstić information content (AvgIpc) is 2.14. The maximum atomic E-state index is 11.0. The van der Waals surface area contributed by atoms with Gasteiger partial charge in [0.25, 0.3) is 5.08 Å². The Kier molecular flexibility index (Phi) is 5.84. The maximum absolute atomic E-state index is 11.0. The third-order valence-corrected chi connectivity index (χ3v) is 5.77. The molecule has 0 aromatic carbocycles. The van der Waals surface area contributed by atoms with Crippen LogP contribution >= 0.6 is 15.2 Å². The first-order valence-corrected chi connectivity index (χ1v) is 7.80. The molecule has 5 N–H and O–H groups in total. The molecule has 10 heteroatoms. The molecular formula is C8H15NO7P2. The maximum Gasteiger partial charge on any atom is 0.369 e.